The number of carbonyl (C=O) groups excluding carboxylic acids is 1. The van der Waals surface area contributed by atoms with Crippen molar-refractivity contribution < 1.29 is 13.9 Å². The molecular formula is C21H25FN2O2. The molecule has 0 radical (unpaired) electrons. The van der Waals surface area contributed by atoms with Crippen LogP contribution in [0, 0.1) is 5.82 Å². The first-order chi connectivity index (χ1) is 12.7. The van der Waals surface area contributed by atoms with Gasteiger partial charge in [-0.15, -0.1) is 0 Å². The lowest BCUT2D eigenvalue weighted by molar-refractivity contribution is 0.0342. The molecule has 0 unspecified atom stereocenters. The summed E-state index contributed by atoms with van der Waals surface area (Å²) < 4.78 is 18.2. The van der Waals surface area contributed by atoms with Gasteiger partial charge in [0.05, 0.1) is 13.2 Å². The van der Waals surface area contributed by atoms with E-state index >= 15 is 0 Å². The molecule has 2 aromatic carbocycles. The van der Waals surface area contributed by atoms with Gasteiger partial charge in [-0.1, -0.05) is 24.3 Å². The zero-order valence-electron chi connectivity index (χ0n) is 14.9. The van der Waals surface area contributed by atoms with Gasteiger partial charge in [0.25, 0.3) is 5.91 Å². The second-order valence-corrected chi connectivity index (χ2v) is 6.57. The predicted octanol–water partition coefficient (Wildman–Crippen LogP) is 3.02. The van der Waals surface area contributed by atoms with E-state index in [-0.39, 0.29) is 11.7 Å². The van der Waals surface area contributed by atoms with E-state index in [2.05, 4.69) is 10.2 Å². The second-order valence-electron chi connectivity index (χ2n) is 6.57. The standard InChI is InChI=1S/C21H25FN2O2/c22-20-9-5-17(6-10-20)2-1-11-23-21(25)19-7-3-18(4-8-19)16-24-12-14-26-15-13-24/h3-10H,1-2,11-16H2,(H,23,25). The van der Waals surface area contributed by atoms with Crippen molar-refractivity contribution in [2.45, 2.75) is 19.4 Å². The molecule has 0 bridgehead atoms. The van der Waals surface area contributed by atoms with Crippen molar-refractivity contribution in [2.24, 2.45) is 0 Å². The molecule has 1 saturated heterocycles. The molecule has 1 heterocycles. The van der Waals surface area contributed by atoms with Gasteiger partial charge in [0.2, 0.25) is 0 Å². The van der Waals surface area contributed by atoms with Gasteiger partial charge in [0, 0.05) is 31.7 Å². The molecule has 0 spiro atoms. The van der Waals surface area contributed by atoms with Gasteiger partial charge in [0.1, 0.15) is 5.82 Å². The van der Waals surface area contributed by atoms with E-state index in [9.17, 15) is 9.18 Å². The van der Waals surface area contributed by atoms with Gasteiger partial charge >= 0.3 is 0 Å². The summed E-state index contributed by atoms with van der Waals surface area (Å²) in [4.78, 5) is 14.6. The smallest absolute Gasteiger partial charge is 0.251 e. The Morgan fingerprint density at radius 1 is 1.00 bits per heavy atom. The normalized spacial score (nSPS) is 15.0. The van der Waals surface area contributed by atoms with E-state index in [1.165, 1.54) is 17.7 Å². The summed E-state index contributed by atoms with van der Waals surface area (Å²) in [6.07, 6.45) is 1.64. The Kier molecular flexibility index (Phi) is 6.75. The lowest BCUT2D eigenvalue weighted by Crippen LogP contribution is -2.35. The second kappa shape index (κ2) is 9.46. The highest BCUT2D eigenvalue weighted by Gasteiger charge is 2.11. The third kappa shape index (κ3) is 5.64. The topological polar surface area (TPSA) is 41.6 Å². The van der Waals surface area contributed by atoms with Crippen LogP contribution in [0.15, 0.2) is 48.5 Å². The quantitative estimate of drug-likeness (QED) is 0.776. The number of ether oxygens (including phenoxy) is 1. The van der Waals surface area contributed by atoms with Crippen molar-refractivity contribution in [1.82, 2.24) is 10.2 Å². The number of rotatable bonds is 7. The summed E-state index contributed by atoms with van der Waals surface area (Å²) in [5.41, 5.74) is 2.96. The van der Waals surface area contributed by atoms with Crippen molar-refractivity contribution in [3.63, 3.8) is 0 Å². The van der Waals surface area contributed by atoms with E-state index in [1.54, 1.807) is 12.1 Å². The number of benzene rings is 2. The molecule has 0 saturated carbocycles. The lowest BCUT2D eigenvalue weighted by atomic mass is 10.1. The molecule has 1 aliphatic rings. The fraction of sp³-hybridized carbons (Fsp3) is 0.381. The van der Waals surface area contributed by atoms with Crippen LogP contribution >= 0.6 is 0 Å². The summed E-state index contributed by atoms with van der Waals surface area (Å²) in [5.74, 6) is -0.277. The molecule has 5 heteroatoms. The van der Waals surface area contributed by atoms with Crippen LogP contribution in [0.4, 0.5) is 4.39 Å². The minimum absolute atomic E-state index is 0.0537. The number of hydrogen-bond donors (Lipinski definition) is 1. The number of carbonyl (C=O) groups is 1. The number of morpholine rings is 1. The molecule has 138 valence electrons. The van der Waals surface area contributed by atoms with Gasteiger partial charge in [-0.2, -0.15) is 0 Å². The maximum atomic E-state index is 12.9. The number of amides is 1. The summed E-state index contributed by atoms with van der Waals surface area (Å²) in [5, 5.41) is 2.94. The highest BCUT2D eigenvalue weighted by Crippen LogP contribution is 2.10. The molecule has 1 fully saturated rings. The first-order valence-corrected chi connectivity index (χ1v) is 9.12. The lowest BCUT2D eigenvalue weighted by Gasteiger charge is -2.26. The van der Waals surface area contributed by atoms with Crippen molar-refractivity contribution in [1.29, 1.82) is 0 Å². The molecule has 4 nitrogen and oxygen atoms in total. The predicted molar refractivity (Wildman–Crippen MR) is 99.6 cm³/mol. The fourth-order valence-corrected chi connectivity index (χ4v) is 3.03. The van der Waals surface area contributed by atoms with Crippen molar-refractivity contribution in [2.75, 3.05) is 32.8 Å². The molecule has 0 aromatic heterocycles. The maximum Gasteiger partial charge on any atom is 0.251 e. The van der Waals surface area contributed by atoms with Crippen molar-refractivity contribution in [3.8, 4) is 0 Å². The van der Waals surface area contributed by atoms with Crippen LogP contribution in [-0.4, -0.2) is 43.7 Å². The minimum Gasteiger partial charge on any atom is -0.379 e. The number of halogens is 1. The van der Waals surface area contributed by atoms with Gasteiger partial charge in [-0.3, -0.25) is 9.69 Å². The Morgan fingerprint density at radius 2 is 1.65 bits per heavy atom. The molecular weight excluding hydrogens is 331 g/mol. The Hall–Kier alpha value is -2.24. The number of nitrogens with zero attached hydrogens (tertiary/aromatic N) is 1. The summed E-state index contributed by atoms with van der Waals surface area (Å²) >= 11 is 0. The van der Waals surface area contributed by atoms with Gasteiger partial charge in [-0.25, -0.2) is 4.39 Å². The van der Waals surface area contributed by atoms with E-state index in [0.717, 1.165) is 51.3 Å². The van der Waals surface area contributed by atoms with E-state index in [4.69, 9.17) is 4.74 Å². The van der Waals surface area contributed by atoms with Crippen LogP contribution in [-0.2, 0) is 17.7 Å². The Balaban J connectivity index is 1.40. The van der Waals surface area contributed by atoms with Gasteiger partial charge < -0.3 is 10.1 Å². The summed E-state index contributed by atoms with van der Waals surface area (Å²) in [6, 6.07) is 14.3. The number of aryl methyl sites for hydroxylation is 1. The Morgan fingerprint density at radius 3 is 2.35 bits per heavy atom. The van der Waals surface area contributed by atoms with Crippen molar-refractivity contribution >= 4 is 5.91 Å². The molecule has 3 rings (SSSR count). The Bertz CT molecular complexity index is 695. The molecule has 2 aromatic rings. The van der Waals surface area contributed by atoms with Crippen molar-refractivity contribution in [3.05, 3.63) is 71.0 Å². The number of hydrogen-bond acceptors (Lipinski definition) is 3. The first-order valence-electron chi connectivity index (χ1n) is 9.12. The molecule has 26 heavy (non-hydrogen) atoms. The Labute approximate surface area is 154 Å². The van der Waals surface area contributed by atoms with Crippen LogP contribution < -0.4 is 5.32 Å². The summed E-state index contributed by atoms with van der Waals surface area (Å²) in [6.45, 7) is 4.98. The van der Waals surface area contributed by atoms with E-state index in [0.29, 0.717) is 12.1 Å². The van der Waals surface area contributed by atoms with Crippen LogP contribution in [0.2, 0.25) is 0 Å². The zero-order chi connectivity index (χ0) is 18.2. The summed E-state index contributed by atoms with van der Waals surface area (Å²) in [7, 11) is 0. The maximum absolute atomic E-state index is 12.9. The van der Waals surface area contributed by atoms with E-state index in [1.807, 2.05) is 24.3 Å². The van der Waals surface area contributed by atoms with Crippen LogP contribution in [0.25, 0.3) is 0 Å². The zero-order valence-corrected chi connectivity index (χ0v) is 14.9. The molecule has 1 aliphatic heterocycles. The third-order valence-electron chi connectivity index (χ3n) is 4.57. The fourth-order valence-electron chi connectivity index (χ4n) is 3.03. The third-order valence-corrected chi connectivity index (χ3v) is 4.57. The largest absolute Gasteiger partial charge is 0.379 e. The SMILES string of the molecule is O=C(NCCCc1ccc(F)cc1)c1ccc(CN2CCOCC2)cc1. The van der Waals surface area contributed by atoms with Gasteiger partial charge in [-0.05, 0) is 48.2 Å². The van der Waals surface area contributed by atoms with Crippen LogP contribution in [0.5, 0.6) is 0 Å². The average molecular weight is 356 g/mol. The molecule has 0 atom stereocenters. The average Bonchev–Trinajstić information content (AvgIpc) is 2.68. The molecule has 0 aliphatic carbocycles. The first kappa shape index (κ1) is 18.5. The monoisotopic (exact) mass is 356 g/mol. The minimum atomic E-state index is -0.223. The van der Waals surface area contributed by atoms with Crippen LogP contribution in [0.1, 0.15) is 27.9 Å². The molecule has 1 N–H and O–H groups in total. The molecule has 1 amide bonds. The highest BCUT2D eigenvalue weighted by atomic mass is 19.1. The van der Waals surface area contributed by atoms with Gasteiger partial charge in [0.15, 0.2) is 0 Å². The van der Waals surface area contributed by atoms with Crippen LogP contribution in [0.3, 0.4) is 0 Å². The highest BCUT2D eigenvalue weighted by molar-refractivity contribution is 5.94. The number of nitrogens with one attached hydrogen (secondary N) is 1. The van der Waals surface area contributed by atoms with E-state index < -0.39 is 0 Å².